The first-order valence-corrected chi connectivity index (χ1v) is 12.0. The van der Waals surface area contributed by atoms with Gasteiger partial charge >= 0.3 is 18.0 Å². The second kappa shape index (κ2) is 12.5. The smallest absolute Gasteiger partial charge is 0.383 e. The quantitative estimate of drug-likeness (QED) is 0.328. The predicted molar refractivity (Wildman–Crippen MR) is 140 cm³/mol. The highest BCUT2D eigenvalue weighted by molar-refractivity contribution is 6.30. The molecule has 0 bridgehead atoms. The largest absolute Gasteiger partial charge is 0.405 e. The standard InChI is InChI=1S/C26H22ClF6N5O3/c1-14-8-16(11-17(27)9-14)19(26(31,32)33)5-3-15-2-4-18(20(10-15)38-7-6-21(34)37-24(38)41)23(40)35-12-22(39)36-13-25(28,29)30/h2-11,19H,12-13H2,1H3,(H,35,40)(H,36,39)(H2,34,37,41)/b5-3+. The molecule has 0 aliphatic carbocycles. The van der Waals surface area contributed by atoms with Gasteiger partial charge in [-0.15, -0.1) is 0 Å². The zero-order chi connectivity index (χ0) is 30.5. The number of halogens is 7. The van der Waals surface area contributed by atoms with Crippen LogP contribution in [0.3, 0.4) is 0 Å². The molecule has 1 atom stereocenters. The van der Waals surface area contributed by atoms with E-state index in [9.17, 15) is 40.7 Å². The molecule has 8 nitrogen and oxygen atoms in total. The van der Waals surface area contributed by atoms with Crippen LogP contribution in [0, 0.1) is 6.92 Å². The topological polar surface area (TPSA) is 119 Å². The van der Waals surface area contributed by atoms with Crippen LogP contribution in [0.15, 0.2) is 59.5 Å². The zero-order valence-electron chi connectivity index (χ0n) is 21.1. The average molecular weight is 602 g/mol. The Bertz CT molecular complexity index is 1510. The highest BCUT2D eigenvalue weighted by atomic mass is 35.5. The van der Waals surface area contributed by atoms with Crippen molar-refractivity contribution in [3.8, 4) is 5.69 Å². The first kappa shape index (κ1) is 31.2. The fourth-order valence-electron chi connectivity index (χ4n) is 3.72. The van der Waals surface area contributed by atoms with E-state index in [-0.39, 0.29) is 33.2 Å². The molecule has 1 unspecified atom stereocenters. The van der Waals surface area contributed by atoms with Crippen molar-refractivity contribution in [3.05, 3.63) is 92.5 Å². The Hall–Kier alpha value is -4.33. The van der Waals surface area contributed by atoms with Crippen molar-refractivity contribution in [1.29, 1.82) is 0 Å². The van der Waals surface area contributed by atoms with Gasteiger partial charge < -0.3 is 16.4 Å². The minimum atomic E-state index is -4.68. The Balaban J connectivity index is 1.98. The summed E-state index contributed by atoms with van der Waals surface area (Å²) in [6, 6.07) is 8.97. The van der Waals surface area contributed by atoms with Gasteiger partial charge in [0.25, 0.3) is 5.91 Å². The summed E-state index contributed by atoms with van der Waals surface area (Å²) < 4.78 is 79.6. The normalized spacial score (nSPS) is 12.8. The van der Waals surface area contributed by atoms with Gasteiger partial charge in [0.15, 0.2) is 0 Å². The molecule has 3 aromatic rings. The van der Waals surface area contributed by atoms with Gasteiger partial charge in [0.05, 0.1) is 23.7 Å². The molecule has 41 heavy (non-hydrogen) atoms. The van der Waals surface area contributed by atoms with Crippen LogP contribution in [0.1, 0.15) is 33.0 Å². The van der Waals surface area contributed by atoms with Crippen LogP contribution in [-0.2, 0) is 4.79 Å². The van der Waals surface area contributed by atoms with Crippen LogP contribution in [-0.4, -0.2) is 46.8 Å². The lowest BCUT2D eigenvalue weighted by atomic mass is 9.95. The van der Waals surface area contributed by atoms with E-state index in [1.165, 1.54) is 48.7 Å². The average Bonchev–Trinajstić information content (AvgIpc) is 2.84. The van der Waals surface area contributed by atoms with E-state index in [0.717, 1.165) is 16.7 Å². The van der Waals surface area contributed by atoms with Crippen LogP contribution in [0.2, 0.25) is 5.02 Å². The number of hydrogen-bond donors (Lipinski definition) is 3. The number of carbonyl (C=O) groups excluding carboxylic acids is 2. The lowest BCUT2D eigenvalue weighted by molar-refractivity contribution is -0.139. The second-order valence-corrected chi connectivity index (χ2v) is 9.23. The third kappa shape index (κ3) is 8.83. The van der Waals surface area contributed by atoms with Crippen molar-refractivity contribution in [2.75, 3.05) is 18.8 Å². The van der Waals surface area contributed by atoms with Gasteiger partial charge in [0.1, 0.15) is 12.4 Å². The Morgan fingerprint density at radius 3 is 2.39 bits per heavy atom. The maximum absolute atomic E-state index is 13.9. The van der Waals surface area contributed by atoms with Gasteiger partial charge in [-0.1, -0.05) is 35.9 Å². The fourth-order valence-corrected chi connectivity index (χ4v) is 4.02. The molecule has 4 N–H and O–H groups in total. The highest BCUT2D eigenvalue weighted by Crippen LogP contribution is 2.38. The molecule has 0 spiro atoms. The van der Waals surface area contributed by atoms with E-state index < -0.39 is 48.9 Å². The number of rotatable bonds is 8. The maximum atomic E-state index is 13.9. The third-order valence-corrected chi connectivity index (χ3v) is 5.72. The Morgan fingerprint density at radius 2 is 1.78 bits per heavy atom. The number of benzene rings is 2. The number of alkyl halides is 6. The van der Waals surface area contributed by atoms with Crippen LogP contribution >= 0.6 is 11.6 Å². The highest BCUT2D eigenvalue weighted by Gasteiger charge is 2.39. The molecule has 0 saturated carbocycles. The summed E-state index contributed by atoms with van der Waals surface area (Å²) in [7, 11) is 0. The van der Waals surface area contributed by atoms with E-state index >= 15 is 0 Å². The third-order valence-electron chi connectivity index (χ3n) is 5.50. The number of carbonyl (C=O) groups is 2. The first-order chi connectivity index (χ1) is 19.0. The van der Waals surface area contributed by atoms with Gasteiger partial charge in [-0.05, 0) is 53.9 Å². The molecule has 218 valence electrons. The van der Waals surface area contributed by atoms with Crippen molar-refractivity contribution in [2.45, 2.75) is 25.2 Å². The lowest BCUT2D eigenvalue weighted by Crippen LogP contribution is -2.41. The van der Waals surface area contributed by atoms with Crippen molar-refractivity contribution in [3.63, 3.8) is 0 Å². The molecule has 15 heteroatoms. The predicted octanol–water partition coefficient (Wildman–Crippen LogP) is 4.54. The molecular formula is C26H22ClF6N5O3. The van der Waals surface area contributed by atoms with Gasteiger partial charge in [0, 0.05) is 11.2 Å². The summed E-state index contributed by atoms with van der Waals surface area (Å²) >= 11 is 5.95. The number of nitrogens with one attached hydrogen (secondary N) is 2. The van der Waals surface area contributed by atoms with E-state index in [1.54, 1.807) is 12.2 Å². The van der Waals surface area contributed by atoms with Crippen LogP contribution in [0.5, 0.6) is 0 Å². The maximum Gasteiger partial charge on any atom is 0.405 e. The number of anilines is 1. The van der Waals surface area contributed by atoms with Crippen molar-refractivity contribution in [2.24, 2.45) is 0 Å². The van der Waals surface area contributed by atoms with Crippen molar-refractivity contribution in [1.82, 2.24) is 20.2 Å². The number of nitrogens with zero attached hydrogens (tertiary/aromatic N) is 2. The lowest BCUT2D eigenvalue weighted by Gasteiger charge is -2.18. The minimum Gasteiger partial charge on any atom is -0.383 e. The molecule has 0 radical (unpaired) electrons. The molecule has 2 aromatic carbocycles. The summed E-state index contributed by atoms with van der Waals surface area (Å²) in [5.74, 6) is -4.26. The summed E-state index contributed by atoms with van der Waals surface area (Å²) in [6.45, 7) is -0.827. The summed E-state index contributed by atoms with van der Waals surface area (Å²) in [5, 5.41) is 3.86. The van der Waals surface area contributed by atoms with Gasteiger partial charge in [-0.25, -0.2) is 4.79 Å². The van der Waals surface area contributed by atoms with Crippen LogP contribution in [0.25, 0.3) is 11.8 Å². The van der Waals surface area contributed by atoms with Crippen LogP contribution in [0.4, 0.5) is 32.2 Å². The monoisotopic (exact) mass is 601 g/mol. The second-order valence-electron chi connectivity index (χ2n) is 8.80. The van der Waals surface area contributed by atoms with Crippen molar-refractivity contribution >= 4 is 35.3 Å². The molecule has 0 fully saturated rings. The van der Waals surface area contributed by atoms with Gasteiger partial charge in [-0.2, -0.15) is 31.3 Å². The summed E-state index contributed by atoms with van der Waals surface area (Å²) in [5.41, 5.74) is 4.80. The molecule has 0 saturated heterocycles. The number of amides is 2. The van der Waals surface area contributed by atoms with Gasteiger partial charge in [-0.3, -0.25) is 14.2 Å². The van der Waals surface area contributed by atoms with E-state index in [4.69, 9.17) is 17.3 Å². The van der Waals surface area contributed by atoms with Crippen molar-refractivity contribution < 1.29 is 35.9 Å². The SMILES string of the molecule is Cc1cc(Cl)cc(C(/C=C/c2ccc(C(=O)NCC(=O)NCC(F)(F)F)c(-n3ccc(N)nc3=O)c2)C(F)(F)F)c1. The number of hydrogen-bond acceptors (Lipinski definition) is 5. The molecule has 0 aliphatic heterocycles. The molecule has 0 aliphatic rings. The molecule has 2 amide bonds. The molecule has 1 heterocycles. The summed E-state index contributed by atoms with van der Waals surface area (Å²) in [6.07, 6.45) is -6.14. The Kier molecular flexibility index (Phi) is 9.48. The van der Waals surface area contributed by atoms with Gasteiger partial charge in [0.2, 0.25) is 5.91 Å². The number of nitrogens with two attached hydrogens (primary N) is 1. The first-order valence-electron chi connectivity index (χ1n) is 11.7. The molecule has 1 aromatic heterocycles. The minimum absolute atomic E-state index is 0.0993. The summed E-state index contributed by atoms with van der Waals surface area (Å²) in [4.78, 5) is 40.6. The zero-order valence-corrected chi connectivity index (χ0v) is 21.9. The Labute approximate surface area is 233 Å². The molecular weight excluding hydrogens is 580 g/mol. The van der Waals surface area contributed by atoms with E-state index in [1.807, 2.05) is 0 Å². The van der Waals surface area contributed by atoms with Crippen LogP contribution < -0.4 is 22.1 Å². The van der Waals surface area contributed by atoms with E-state index in [0.29, 0.717) is 5.56 Å². The fraction of sp³-hybridized carbons (Fsp3) is 0.231. The number of aryl methyl sites for hydroxylation is 1. The number of allylic oxidation sites excluding steroid dienone is 1. The number of aromatic nitrogens is 2. The van der Waals surface area contributed by atoms with E-state index in [2.05, 4.69) is 10.3 Å². The molecule has 3 rings (SSSR count). The number of nitrogen functional groups attached to an aromatic ring is 1. The Morgan fingerprint density at radius 1 is 1.07 bits per heavy atom.